The Balaban J connectivity index is 2.21. The molecule has 0 fully saturated rings. The van der Waals surface area contributed by atoms with Crippen molar-refractivity contribution in [3.05, 3.63) is 46.2 Å². The van der Waals surface area contributed by atoms with Gasteiger partial charge in [0.15, 0.2) is 5.16 Å². The number of thioether (sulfide) groups is 1. The lowest BCUT2D eigenvalue weighted by molar-refractivity contribution is -0.118. The molecular weight excluding hydrogens is 358 g/mol. The standard InChI is InChI=1S/C18H22ClN3O2S/c1-4-9-22-17(24)14-6-5-13(19)10-15(14)21-18(22)25-11-16(23)20-8-7-12(2)3/h4-6,10,12H,1,7-9,11H2,2-3H3,(H,20,23). The van der Waals surface area contributed by atoms with Crippen LogP contribution in [0.3, 0.4) is 0 Å². The van der Waals surface area contributed by atoms with E-state index in [2.05, 4.69) is 30.7 Å². The van der Waals surface area contributed by atoms with E-state index in [1.54, 1.807) is 24.3 Å². The minimum Gasteiger partial charge on any atom is -0.355 e. The minimum absolute atomic E-state index is 0.0729. The molecule has 1 amide bonds. The summed E-state index contributed by atoms with van der Waals surface area (Å²) in [5.41, 5.74) is 0.366. The van der Waals surface area contributed by atoms with Gasteiger partial charge in [-0.2, -0.15) is 0 Å². The van der Waals surface area contributed by atoms with Crippen LogP contribution in [0.1, 0.15) is 20.3 Å². The average Bonchev–Trinajstić information content (AvgIpc) is 2.55. The van der Waals surface area contributed by atoms with Gasteiger partial charge in [0.05, 0.1) is 16.7 Å². The molecule has 25 heavy (non-hydrogen) atoms. The summed E-state index contributed by atoms with van der Waals surface area (Å²) in [6.45, 7) is 8.89. The maximum absolute atomic E-state index is 12.7. The number of allylic oxidation sites excluding steroid dienone is 1. The van der Waals surface area contributed by atoms with Crippen LogP contribution in [0.2, 0.25) is 5.02 Å². The second-order valence-electron chi connectivity index (χ2n) is 6.08. The van der Waals surface area contributed by atoms with Crippen molar-refractivity contribution >= 4 is 40.2 Å². The first-order chi connectivity index (χ1) is 11.9. The van der Waals surface area contributed by atoms with Crippen molar-refractivity contribution < 1.29 is 4.79 Å². The van der Waals surface area contributed by atoms with Gasteiger partial charge < -0.3 is 5.32 Å². The Kier molecular flexibility index (Phi) is 7.08. The number of aromatic nitrogens is 2. The highest BCUT2D eigenvalue weighted by molar-refractivity contribution is 7.99. The highest BCUT2D eigenvalue weighted by atomic mass is 35.5. The van der Waals surface area contributed by atoms with E-state index in [1.807, 2.05) is 0 Å². The third-order valence-electron chi connectivity index (χ3n) is 3.57. The number of carbonyl (C=O) groups is 1. The molecule has 0 aliphatic heterocycles. The number of fused-ring (bicyclic) bond motifs is 1. The summed E-state index contributed by atoms with van der Waals surface area (Å²) in [5, 5.41) is 4.38. The number of halogens is 1. The Labute approximate surface area is 156 Å². The van der Waals surface area contributed by atoms with E-state index in [4.69, 9.17) is 11.6 Å². The maximum Gasteiger partial charge on any atom is 0.262 e. The highest BCUT2D eigenvalue weighted by Crippen LogP contribution is 2.20. The number of benzene rings is 1. The zero-order valence-electron chi connectivity index (χ0n) is 14.4. The normalized spacial score (nSPS) is 11.0. The van der Waals surface area contributed by atoms with Crippen LogP contribution in [0.15, 0.2) is 40.8 Å². The largest absolute Gasteiger partial charge is 0.355 e. The van der Waals surface area contributed by atoms with Gasteiger partial charge in [-0.15, -0.1) is 6.58 Å². The van der Waals surface area contributed by atoms with Crippen LogP contribution < -0.4 is 10.9 Å². The van der Waals surface area contributed by atoms with Crippen molar-refractivity contribution in [1.29, 1.82) is 0 Å². The minimum atomic E-state index is -0.163. The third kappa shape index (κ3) is 5.34. The second-order valence-corrected chi connectivity index (χ2v) is 7.46. The van der Waals surface area contributed by atoms with Crippen LogP contribution in [-0.2, 0) is 11.3 Å². The molecule has 134 valence electrons. The Morgan fingerprint density at radius 1 is 1.48 bits per heavy atom. The van der Waals surface area contributed by atoms with E-state index in [-0.39, 0.29) is 17.2 Å². The van der Waals surface area contributed by atoms with Gasteiger partial charge in [-0.3, -0.25) is 14.2 Å². The molecule has 1 aromatic carbocycles. The van der Waals surface area contributed by atoms with Crippen LogP contribution in [0.4, 0.5) is 0 Å². The number of hydrogen-bond donors (Lipinski definition) is 1. The summed E-state index contributed by atoms with van der Waals surface area (Å²) >= 11 is 7.24. The van der Waals surface area contributed by atoms with Crippen molar-refractivity contribution in [2.45, 2.75) is 32.0 Å². The summed E-state index contributed by atoms with van der Waals surface area (Å²) in [6.07, 6.45) is 2.57. The van der Waals surface area contributed by atoms with Gasteiger partial charge in [0.2, 0.25) is 5.91 Å². The highest BCUT2D eigenvalue weighted by Gasteiger charge is 2.13. The lowest BCUT2D eigenvalue weighted by Crippen LogP contribution is -2.28. The second kappa shape index (κ2) is 9.06. The fraction of sp³-hybridized carbons (Fsp3) is 0.389. The molecule has 2 aromatic rings. The molecule has 0 aliphatic rings. The van der Waals surface area contributed by atoms with E-state index in [0.717, 1.165) is 6.42 Å². The quantitative estimate of drug-likeness (QED) is 0.433. The predicted octanol–water partition coefficient (Wildman–Crippen LogP) is 3.49. The van der Waals surface area contributed by atoms with Gasteiger partial charge >= 0.3 is 0 Å². The van der Waals surface area contributed by atoms with Crippen molar-refractivity contribution in [1.82, 2.24) is 14.9 Å². The molecule has 0 unspecified atom stereocenters. The van der Waals surface area contributed by atoms with Gasteiger partial charge in [0.25, 0.3) is 5.56 Å². The topological polar surface area (TPSA) is 64.0 Å². The van der Waals surface area contributed by atoms with E-state index < -0.39 is 0 Å². The number of carbonyl (C=O) groups excluding carboxylic acids is 1. The lowest BCUT2D eigenvalue weighted by Gasteiger charge is -2.12. The maximum atomic E-state index is 12.7. The Morgan fingerprint density at radius 2 is 2.24 bits per heavy atom. The molecule has 2 rings (SSSR count). The monoisotopic (exact) mass is 379 g/mol. The van der Waals surface area contributed by atoms with E-state index in [9.17, 15) is 9.59 Å². The Morgan fingerprint density at radius 3 is 2.92 bits per heavy atom. The van der Waals surface area contributed by atoms with Crippen molar-refractivity contribution in [3.8, 4) is 0 Å². The Hall–Kier alpha value is -1.79. The van der Waals surface area contributed by atoms with Gasteiger partial charge in [-0.05, 0) is 30.5 Å². The fourth-order valence-electron chi connectivity index (χ4n) is 2.26. The molecule has 0 aliphatic carbocycles. The molecular formula is C18H22ClN3O2S. The molecule has 7 heteroatoms. The smallest absolute Gasteiger partial charge is 0.262 e. The molecule has 0 saturated carbocycles. The van der Waals surface area contributed by atoms with Crippen LogP contribution in [0.25, 0.3) is 10.9 Å². The molecule has 0 atom stereocenters. The molecule has 0 spiro atoms. The summed E-state index contributed by atoms with van der Waals surface area (Å²) in [5.74, 6) is 0.669. The summed E-state index contributed by atoms with van der Waals surface area (Å²) in [6, 6.07) is 4.99. The first kappa shape index (κ1) is 19.5. The zero-order chi connectivity index (χ0) is 18.4. The van der Waals surface area contributed by atoms with E-state index in [0.29, 0.717) is 40.1 Å². The first-order valence-corrected chi connectivity index (χ1v) is 9.49. The van der Waals surface area contributed by atoms with Crippen molar-refractivity contribution in [2.24, 2.45) is 5.92 Å². The average molecular weight is 380 g/mol. The van der Waals surface area contributed by atoms with Crippen molar-refractivity contribution in [3.63, 3.8) is 0 Å². The van der Waals surface area contributed by atoms with Crippen LogP contribution >= 0.6 is 23.4 Å². The molecule has 1 aromatic heterocycles. The number of amides is 1. The van der Waals surface area contributed by atoms with E-state index in [1.165, 1.54) is 16.3 Å². The molecule has 0 radical (unpaired) electrons. The van der Waals surface area contributed by atoms with E-state index >= 15 is 0 Å². The van der Waals surface area contributed by atoms with Gasteiger partial charge in [-0.1, -0.05) is 43.3 Å². The summed E-state index contributed by atoms with van der Waals surface area (Å²) in [4.78, 5) is 29.2. The summed E-state index contributed by atoms with van der Waals surface area (Å²) in [7, 11) is 0. The van der Waals surface area contributed by atoms with Crippen LogP contribution in [0.5, 0.6) is 0 Å². The number of nitrogens with zero attached hydrogens (tertiary/aromatic N) is 2. The zero-order valence-corrected chi connectivity index (χ0v) is 16.0. The van der Waals surface area contributed by atoms with Crippen molar-refractivity contribution in [2.75, 3.05) is 12.3 Å². The van der Waals surface area contributed by atoms with Gasteiger partial charge in [0.1, 0.15) is 0 Å². The number of hydrogen-bond acceptors (Lipinski definition) is 4. The number of rotatable bonds is 8. The lowest BCUT2D eigenvalue weighted by atomic mass is 10.1. The third-order valence-corrected chi connectivity index (χ3v) is 4.78. The molecule has 1 heterocycles. The summed E-state index contributed by atoms with van der Waals surface area (Å²) < 4.78 is 1.52. The van der Waals surface area contributed by atoms with Crippen LogP contribution in [0, 0.1) is 5.92 Å². The van der Waals surface area contributed by atoms with Crippen LogP contribution in [-0.4, -0.2) is 27.8 Å². The molecule has 0 saturated heterocycles. The van der Waals surface area contributed by atoms with Gasteiger partial charge in [-0.25, -0.2) is 4.98 Å². The first-order valence-electron chi connectivity index (χ1n) is 8.13. The molecule has 1 N–H and O–H groups in total. The predicted molar refractivity (Wildman–Crippen MR) is 104 cm³/mol. The SMILES string of the molecule is C=CCn1c(SCC(=O)NCCC(C)C)nc2cc(Cl)ccc2c1=O. The molecule has 5 nitrogen and oxygen atoms in total. The Bertz CT molecular complexity index is 833. The fourth-order valence-corrected chi connectivity index (χ4v) is 3.26. The van der Waals surface area contributed by atoms with Gasteiger partial charge in [0, 0.05) is 18.1 Å². The number of nitrogens with one attached hydrogen (secondary N) is 1. The molecule has 0 bridgehead atoms.